The molecule has 0 amide bonds. The second-order valence-corrected chi connectivity index (χ2v) is 5.41. The number of rotatable bonds is 5. The van der Waals surface area contributed by atoms with E-state index in [0.717, 1.165) is 13.0 Å². The summed E-state index contributed by atoms with van der Waals surface area (Å²) in [7, 11) is 0. The van der Waals surface area contributed by atoms with E-state index in [9.17, 15) is 0 Å². The van der Waals surface area contributed by atoms with Gasteiger partial charge in [-0.2, -0.15) is 0 Å². The molecule has 0 saturated carbocycles. The molecule has 1 aromatic carbocycles. The zero-order valence-corrected chi connectivity index (χ0v) is 11.4. The van der Waals surface area contributed by atoms with Crippen molar-refractivity contribution in [3.05, 3.63) is 34.9 Å². The SMILES string of the molecule is Cc1cccc(C)c1CNC(C)CC(C)Cl. The number of alkyl halides is 1. The summed E-state index contributed by atoms with van der Waals surface area (Å²) in [5.41, 5.74) is 4.13. The van der Waals surface area contributed by atoms with Gasteiger partial charge in [-0.15, -0.1) is 11.6 Å². The average Bonchev–Trinajstić information content (AvgIpc) is 2.15. The van der Waals surface area contributed by atoms with Crippen LogP contribution in [-0.2, 0) is 6.54 Å². The fraction of sp³-hybridized carbons (Fsp3) is 0.571. The van der Waals surface area contributed by atoms with Crippen LogP contribution < -0.4 is 5.32 Å². The van der Waals surface area contributed by atoms with E-state index in [0.29, 0.717) is 6.04 Å². The molecule has 2 unspecified atom stereocenters. The van der Waals surface area contributed by atoms with Crippen LogP contribution >= 0.6 is 11.6 Å². The van der Waals surface area contributed by atoms with Crippen molar-refractivity contribution >= 4 is 11.6 Å². The Morgan fingerprint density at radius 1 is 1.19 bits per heavy atom. The first-order valence-corrected chi connectivity index (χ1v) is 6.37. The minimum atomic E-state index is 0.237. The predicted octanol–water partition coefficient (Wildman–Crippen LogP) is 3.80. The van der Waals surface area contributed by atoms with Crippen LogP contribution in [0.25, 0.3) is 0 Å². The van der Waals surface area contributed by atoms with Gasteiger partial charge in [0.1, 0.15) is 0 Å². The molecule has 0 bridgehead atoms. The number of hydrogen-bond donors (Lipinski definition) is 1. The normalized spacial score (nSPS) is 14.8. The van der Waals surface area contributed by atoms with Crippen molar-refractivity contribution in [3.63, 3.8) is 0 Å². The van der Waals surface area contributed by atoms with Gasteiger partial charge in [0, 0.05) is 18.0 Å². The van der Waals surface area contributed by atoms with Gasteiger partial charge in [0.2, 0.25) is 0 Å². The molecule has 2 heteroatoms. The molecule has 0 radical (unpaired) electrons. The molecule has 1 nitrogen and oxygen atoms in total. The molecule has 2 atom stereocenters. The molecule has 1 aromatic rings. The van der Waals surface area contributed by atoms with Gasteiger partial charge >= 0.3 is 0 Å². The topological polar surface area (TPSA) is 12.0 Å². The molecular formula is C14H22ClN. The van der Waals surface area contributed by atoms with Crippen molar-refractivity contribution in [1.29, 1.82) is 0 Å². The quantitative estimate of drug-likeness (QED) is 0.771. The maximum absolute atomic E-state index is 5.98. The Morgan fingerprint density at radius 2 is 1.75 bits per heavy atom. The van der Waals surface area contributed by atoms with Crippen LogP contribution in [0.5, 0.6) is 0 Å². The molecule has 1 N–H and O–H groups in total. The fourth-order valence-corrected chi connectivity index (χ4v) is 2.24. The molecule has 0 aliphatic rings. The van der Waals surface area contributed by atoms with Crippen molar-refractivity contribution < 1.29 is 0 Å². The average molecular weight is 240 g/mol. The third kappa shape index (κ3) is 4.15. The molecule has 0 aliphatic heterocycles. The molecule has 16 heavy (non-hydrogen) atoms. The molecule has 0 aliphatic carbocycles. The fourth-order valence-electron chi connectivity index (χ4n) is 1.97. The van der Waals surface area contributed by atoms with Gasteiger partial charge in [-0.05, 0) is 50.8 Å². The zero-order chi connectivity index (χ0) is 12.1. The predicted molar refractivity (Wildman–Crippen MR) is 72.1 cm³/mol. The van der Waals surface area contributed by atoms with E-state index in [2.05, 4.69) is 44.3 Å². The van der Waals surface area contributed by atoms with Crippen molar-refractivity contribution in [1.82, 2.24) is 5.32 Å². The highest BCUT2D eigenvalue weighted by Gasteiger charge is 2.07. The monoisotopic (exact) mass is 239 g/mol. The standard InChI is InChI=1S/C14H22ClN/c1-10-6-5-7-11(2)14(10)9-16-13(4)8-12(3)15/h5-7,12-13,16H,8-9H2,1-4H3. The highest BCUT2D eigenvalue weighted by atomic mass is 35.5. The first-order valence-electron chi connectivity index (χ1n) is 5.93. The highest BCUT2D eigenvalue weighted by Crippen LogP contribution is 2.13. The Bertz CT molecular complexity index is 313. The van der Waals surface area contributed by atoms with E-state index >= 15 is 0 Å². The summed E-state index contributed by atoms with van der Waals surface area (Å²) in [6.45, 7) is 9.49. The van der Waals surface area contributed by atoms with Gasteiger partial charge in [-0.25, -0.2) is 0 Å². The molecular weight excluding hydrogens is 218 g/mol. The van der Waals surface area contributed by atoms with Gasteiger partial charge in [-0.1, -0.05) is 18.2 Å². The van der Waals surface area contributed by atoms with Crippen LogP contribution in [0.15, 0.2) is 18.2 Å². The zero-order valence-electron chi connectivity index (χ0n) is 10.7. The van der Waals surface area contributed by atoms with E-state index in [1.165, 1.54) is 16.7 Å². The molecule has 0 saturated heterocycles. The summed E-state index contributed by atoms with van der Waals surface area (Å²) >= 11 is 5.98. The molecule has 0 spiro atoms. The van der Waals surface area contributed by atoms with Gasteiger partial charge in [-0.3, -0.25) is 0 Å². The Kier molecular flexibility index (Phi) is 5.30. The summed E-state index contributed by atoms with van der Waals surface area (Å²) in [6, 6.07) is 6.90. The number of benzene rings is 1. The van der Waals surface area contributed by atoms with Gasteiger partial charge < -0.3 is 5.32 Å². The van der Waals surface area contributed by atoms with Gasteiger partial charge in [0.05, 0.1) is 0 Å². The summed E-state index contributed by atoms with van der Waals surface area (Å²) in [6.07, 6.45) is 1.01. The lowest BCUT2D eigenvalue weighted by molar-refractivity contribution is 0.510. The van der Waals surface area contributed by atoms with Crippen LogP contribution in [0, 0.1) is 13.8 Å². The molecule has 1 rings (SSSR count). The van der Waals surface area contributed by atoms with Crippen LogP contribution in [0.4, 0.5) is 0 Å². The van der Waals surface area contributed by atoms with Crippen molar-refractivity contribution in [2.75, 3.05) is 0 Å². The minimum absolute atomic E-state index is 0.237. The van der Waals surface area contributed by atoms with E-state index < -0.39 is 0 Å². The summed E-state index contributed by atoms with van der Waals surface area (Å²) < 4.78 is 0. The lowest BCUT2D eigenvalue weighted by atomic mass is 10.0. The first kappa shape index (κ1) is 13.5. The van der Waals surface area contributed by atoms with Crippen molar-refractivity contribution in [2.45, 2.75) is 52.1 Å². The van der Waals surface area contributed by atoms with Crippen LogP contribution in [-0.4, -0.2) is 11.4 Å². The second kappa shape index (κ2) is 6.27. The van der Waals surface area contributed by atoms with E-state index in [4.69, 9.17) is 11.6 Å². The molecule has 0 heterocycles. The van der Waals surface area contributed by atoms with Crippen LogP contribution in [0.3, 0.4) is 0 Å². The lowest BCUT2D eigenvalue weighted by Crippen LogP contribution is -2.28. The second-order valence-electron chi connectivity index (χ2n) is 4.67. The third-order valence-corrected chi connectivity index (χ3v) is 3.13. The lowest BCUT2D eigenvalue weighted by Gasteiger charge is -2.17. The minimum Gasteiger partial charge on any atom is -0.310 e. The summed E-state index contributed by atoms with van der Waals surface area (Å²) in [4.78, 5) is 0. The number of nitrogens with one attached hydrogen (secondary N) is 1. The number of halogens is 1. The van der Waals surface area contributed by atoms with Crippen molar-refractivity contribution in [2.24, 2.45) is 0 Å². The first-order chi connectivity index (χ1) is 7.50. The Labute approximate surface area is 104 Å². The van der Waals surface area contributed by atoms with Crippen LogP contribution in [0.1, 0.15) is 37.0 Å². The van der Waals surface area contributed by atoms with Crippen LogP contribution in [0.2, 0.25) is 0 Å². The number of aryl methyl sites for hydroxylation is 2. The third-order valence-electron chi connectivity index (χ3n) is 2.95. The number of hydrogen-bond acceptors (Lipinski definition) is 1. The smallest absolute Gasteiger partial charge is 0.0322 e. The van der Waals surface area contributed by atoms with Crippen molar-refractivity contribution in [3.8, 4) is 0 Å². The van der Waals surface area contributed by atoms with E-state index in [-0.39, 0.29) is 5.38 Å². The highest BCUT2D eigenvalue weighted by molar-refractivity contribution is 6.20. The maximum atomic E-state index is 5.98. The molecule has 90 valence electrons. The Morgan fingerprint density at radius 3 is 2.25 bits per heavy atom. The summed E-state index contributed by atoms with van der Waals surface area (Å²) in [5.74, 6) is 0. The van der Waals surface area contributed by atoms with E-state index in [1.54, 1.807) is 0 Å². The molecule has 0 aromatic heterocycles. The Hall–Kier alpha value is -0.530. The summed E-state index contributed by atoms with van der Waals surface area (Å²) in [5, 5.41) is 3.76. The Balaban J connectivity index is 2.54. The maximum Gasteiger partial charge on any atom is 0.0322 e. The van der Waals surface area contributed by atoms with Gasteiger partial charge in [0.15, 0.2) is 0 Å². The van der Waals surface area contributed by atoms with Gasteiger partial charge in [0.25, 0.3) is 0 Å². The molecule has 0 fully saturated rings. The largest absolute Gasteiger partial charge is 0.310 e. The van der Waals surface area contributed by atoms with E-state index in [1.807, 2.05) is 6.92 Å².